The lowest BCUT2D eigenvalue weighted by atomic mass is 10.1. The minimum absolute atomic E-state index is 0.0115. The number of carbonyl (C=O) groups excluding carboxylic acids is 1. The molecule has 0 aliphatic heterocycles. The maximum Gasteiger partial charge on any atom is 0.302 e. The molecule has 1 aromatic carbocycles. The fourth-order valence-corrected chi connectivity index (χ4v) is 1.70. The molecule has 1 atom stereocenters. The van der Waals surface area contributed by atoms with Crippen LogP contribution in [0.4, 0.5) is 0 Å². The summed E-state index contributed by atoms with van der Waals surface area (Å²) in [6.45, 7) is 3.56. The second-order valence-electron chi connectivity index (χ2n) is 4.07. The van der Waals surface area contributed by atoms with E-state index in [1.165, 1.54) is 12.5 Å². The first-order valence-electron chi connectivity index (χ1n) is 6.11. The lowest BCUT2D eigenvalue weighted by Crippen LogP contribution is -2.14. The van der Waals surface area contributed by atoms with E-state index in [4.69, 9.17) is 4.74 Å². The van der Waals surface area contributed by atoms with Crippen molar-refractivity contribution in [2.24, 2.45) is 0 Å². The molecule has 1 aromatic rings. The van der Waals surface area contributed by atoms with Crippen LogP contribution >= 0.6 is 0 Å². The normalized spacial score (nSPS) is 12.6. The third-order valence-corrected chi connectivity index (χ3v) is 2.45. The number of hydrogen-bond acceptors (Lipinski definition) is 2. The third kappa shape index (κ3) is 5.91. The van der Waals surface area contributed by atoms with Gasteiger partial charge >= 0.3 is 5.97 Å². The molecule has 0 fully saturated rings. The van der Waals surface area contributed by atoms with Crippen molar-refractivity contribution in [1.82, 2.24) is 0 Å². The van der Waals surface area contributed by atoms with Crippen molar-refractivity contribution >= 4 is 12.0 Å². The first-order valence-corrected chi connectivity index (χ1v) is 6.11. The van der Waals surface area contributed by atoms with Gasteiger partial charge in [-0.15, -0.1) is 0 Å². The first-order chi connectivity index (χ1) is 8.22. The Bertz CT molecular complexity index is 354. The van der Waals surface area contributed by atoms with Gasteiger partial charge in [-0.05, 0) is 12.0 Å². The highest BCUT2D eigenvalue weighted by molar-refractivity contribution is 5.66. The zero-order valence-electron chi connectivity index (χ0n) is 10.6. The van der Waals surface area contributed by atoms with Crippen LogP contribution in [0.2, 0.25) is 0 Å². The lowest BCUT2D eigenvalue weighted by molar-refractivity contribution is -0.146. The maximum atomic E-state index is 10.9. The summed E-state index contributed by atoms with van der Waals surface area (Å²) in [6, 6.07) is 10.1. The molecule has 2 heteroatoms. The molecule has 0 amide bonds. The Morgan fingerprint density at radius 2 is 2.06 bits per heavy atom. The van der Waals surface area contributed by atoms with Crippen LogP contribution in [0.3, 0.4) is 0 Å². The molecule has 0 aromatic heterocycles. The van der Waals surface area contributed by atoms with Gasteiger partial charge in [-0.3, -0.25) is 4.79 Å². The Balaban J connectivity index is 2.45. The summed E-state index contributed by atoms with van der Waals surface area (Å²) in [5.41, 5.74) is 1.17. The molecule has 1 unspecified atom stereocenters. The summed E-state index contributed by atoms with van der Waals surface area (Å²) in [6.07, 6.45) is 6.86. The van der Waals surface area contributed by atoms with Crippen LogP contribution in [0.15, 0.2) is 36.4 Å². The van der Waals surface area contributed by atoms with Gasteiger partial charge in [0.2, 0.25) is 0 Å². The molecule has 0 saturated heterocycles. The molecule has 0 saturated carbocycles. The molecule has 0 N–H and O–H groups in total. The summed E-state index contributed by atoms with van der Waals surface area (Å²) in [5.74, 6) is -0.198. The van der Waals surface area contributed by atoms with Crippen LogP contribution in [-0.4, -0.2) is 12.1 Å². The minimum atomic E-state index is -0.198. The molecule has 0 aliphatic rings. The summed E-state index contributed by atoms with van der Waals surface area (Å²) < 4.78 is 5.24. The van der Waals surface area contributed by atoms with Crippen molar-refractivity contribution in [1.29, 1.82) is 0 Å². The summed E-state index contributed by atoms with van der Waals surface area (Å²) in [5, 5.41) is 0. The van der Waals surface area contributed by atoms with E-state index in [1.54, 1.807) is 0 Å². The molecule has 92 valence electrons. The second kappa shape index (κ2) is 7.66. The Hall–Kier alpha value is -1.57. The van der Waals surface area contributed by atoms with Crippen molar-refractivity contribution in [2.45, 2.75) is 39.2 Å². The molecule has 0 heterocycles. The predicted molar refractivity (Wildman–Crippen MR) is 70.6 cm³/mol. The number of rotatable bonds is 6. The van der Waals surface area contributed by atoms with Crippen molar-refractivity contribution in [3.63, 3.8) is 0 Å². The van der Waals surface area contributed by atoms with E-state index >= 15 is 0 Å². The van der Waals surface area contributed by atoms with Crippen LogP contribution in [0, 0.1) is 0 Å². The van der Waals surface area contributed by atoms with Gasteiger partial charge in [0.25, 0.3) is 0 Å². The van der Waals surface area contributed by atoms with E-state index < -0.39 is 0 Å². The first kappa shape index (κ1) is 13.5. The molecule has 0 radical (unpaired) electrons. The second-order valence-corrected chi connectivity index (χ2v) is 4.07. The lowest BCUT2D eigenvalue weighted by Gasteiger charge is -2.13. The van der Waals surface area contributed by atoms with Crippen molar-refractivity contribution < 1.29 is 9.53 Å². The zero-order chi connectivity index (χ0) is 12.5. The monoisotopic (exact) mass is 232 g/mol. The van der Waals surface area contributed by atoms with E-state index in [9.17, 15) is 4.79 Å². The van der Waals surface area contributed by atoms with Crippen LogP contribution in [0.1, 0.15) is 38.7 Å². The van der Waals surface area contributed by atoms with Crippen LogP contribution in [-0.2, 0) is 9.53 Å². The summed E-state index contributed by atoms with van der Waals surface area (Å²) in [4.78, 5) is 10.9. The average molecular weight is 232 g/mol. The fraction of sp³-hybridized carbons (Fsp3) is 0.400. The number of benzene rings is 1. The van der Waals surface area contributed by atoms with Crippen molar-refractivity contribution in [3.8, 4) is 0 Å². The SMILES string of the molecule is CCCC(C/C=C/c1ccccc1)OC(C)=O. The number of esters is 1. The summed E-state index contributed by atoms with van der Waals surface area (Å²) >= 11 is 0. The van der Waals surface area contributed by atoms with Gasteiger partial charge in [0, 0.05) is 13.3 Å². The van der Waals surface area contributed by atoms with E-state index in [-0.39, 0.29) is 12.1 Å². The van der Waals surface area contributed by atoms with Gasteiger partial charge in [0.1, 0.15) is 6.10 Å². The number of ether oxygens (including phenoxy) is 1. The highest BCUT2D eigenvalue weighted by Gasteiger charge is 2.08. The molecule has 17 heavy (non-hydrogen) atoms. The molecular formula is C15H20O2. The summed E-state index contributed by atoms with van der Waals surface area (Å²) in [7, 11) is 0. The van der Waals surface area contributed by atoms with Crippen molar-refractivity contribution in [3.05, 3.63) is 42.0 Å². The van der Waals surface area contributed by atoms with Gasteiger partial charge in [-0.1, -0.05) is 55.8 Å². The standard InChI is InChI=1S/C15H20O2/c1-3-8-15(17-13(2)16)12-7-11-14-9-5-4-6-10-14/h4-7,9-11,15H,3,8,12H2,1-2H3/b11-7+. The Morgan fingerprint density at radius 1 is 1.35 bits per heavy atom. The van der Waals surface area contributed by atoms with Gasteiger partial charge in [-0.2, -0.15) is 0 Å². The van der Waals surface area contributed by atoms with Gasteiger partial charge in [0.15, 0.2) is 0 Å². The van der Waals surface area contributed by atoms with Gasteiger partial charge in [0.05, 0.1) is 0 Å². The fourth-order valence-electron chi connectivity index (χ4n) is 1.70. The van der Waals surface area contributed by atoms with Crippen molar-refractivity contribution in [2.75, 3.05) is 0 Å². The Kier molecular flexibility index (Phi) is 6.08. The number of hydrogen-bond donors (Lipinski definition) is 0. The highest BCUT2D eigenvalue weighted by atomic mass is 16.5. The van der Waals surface area contributed by atoms with E-state index in [1.807, 2.05) is 18.2 Å². The molecule has 2 nitrogen and oxygen atoms in total. The van der Waals surface area contributed by atoms with Gasteiger partial charge < -0.3 is 4.74 Å². The third-order valence-electron chi connectivity index (χ3n) is 2.45. The van der Waals surface area contributed by atoms with E-state index in [2.05, 4.69) is 31.2 Å². The molecule has 0 spiro atoms. The Morgan fingerprint density at radius 3 is 2.65 bits per heavy atom. The van der Waals surface area contributed by atoms with E-state index in [0.717, 1.165) is 19.3 Å². The average Bonchev–Trinajstić information content (AvgIpc) is 2.30. The molecule has 1 rings (SSSR count). The smallest absolute Gasteiger partial charge is 0.302 e. The van der Waals surface area contributed by atoms with Crippen LogP contribution in [0.5, 0.6) is 0 Å². The highest BCUT2D eigenvalue weighted by Crippen LogP contribution is 2.10. The molecule has 0 bridgehead atoms. The topological polar surface area (TPSA) is 26.3 Å². The maximum absolute atomic E-state index is 10.9. The molecular weight excluding hydrogens is 212 g/mol. The van der Waals surface area contributed by atoms with Crippen LogP contribution in [0.25, 0.3) is 6.08 Å². The zero-order valence-corrected chi connectivity index (χ0v) is 10.6. The van der Waals surface area contributed by atoms with Crippen LogP contribution < -0.4 is 0 Å². The Labute approximate surface area is 103 Å². The largest absolute Gasteiger partial charge is 0.462 e. The van der Waals surface area contributed by atoms with Gasteiger partial charge in [-0.25, -0.2) is 0 Å². The number of carbonyl (C=O) groups is 1. The minimum Gasteiger partial charge on any atom is -0.462 e. The molecule has 0 aliphatic carbocycles. The van der Waals surface area contributed by atoms with E-state index in [0.29, 0.717) is 0 Å². The quantitative estimate of drug-likeness (QED) is 0.697. The predicted octanol–water partition coefficient (Wildman–Crippen LogP) is 3.82.